The minimum Gasteiger partial charge on any atom is -0.349 e. The number of nitrogens with one attached hydrogen (secondary N) is 1. The number of amides is 1. The summed E-state index contributed by atoms with van der Waals surface area (Å²) in [4.78, 5) is 12.3. The van der Waals surface area contributed by atoms with Gasteiger partial charge in [-0.15, -0.1) is 0 Å². The molecule has 0 saturated heterocycles. The van der Waals surface area contributed by atoms with Gasteiger partial charge in [-0.25, -0.2) is 8.42 Å². The number of aryl methyl sites for hydroxylation is 2. The predicted octanol–water partition coefficient (Wildman–Crippen LogP) is 2.39. The highest BCUT2D eigenvalue weighted by atomic mass is 32.2. The van der Waals surface area contributed by atoms with Crippen molar-refractivity contribution in [1.82, 2.24) is 5.32 Å². The Hall–Kier alpha value is -1.36. The fourth-order valence-corrected chi connectivity index (χ4v) is 3.99. The van der Waals surface area contributed by atoms with E-state index in [0.29, 0.717) is 18.4 Å². The summed E-state index contributed by atoms with van der Waals surface area (Å²) in [6.45, 7) is 3.99. The van der Waals surface area contributed by atoms with Crippen LogP contribution in [-0.2, 0) is 9.84 Å². The van der Waals surface area contributed by atoms with Crippen LogP contribution in [0.5, 0.6) is 0 Å². The smallest absolute Gasteiger partial charge is 0.251 e. The largest absolute Gasteiger partial charge is 0.349 e. The Kier molecular flexibility index (Phi) is 4.71. The molecule has 21 heavy (non-hydrogen) atoms. The molecular formula is C16H23NO3S. The second-order valence-corrected chi connectivity index (χ2v) is 8.41. The lowest BCUT2D eigenvalue weighted by molar-refractivity contribution is 0.0928. The number of carbonyl (C=O) groups excluding carboxylic acids is 1. The zero-order valence-electron chi connectivity index (χ0n) is 12.8. The maximum atomic E-state index is 12.3. The molecule has 1 amide bonds. The first-order valence-corrected chi connectivity index (χ1v) is 9.30. The lowest BCUT2D eigenvalue weighted by atomic mass is 9.94. The summed E-state index contributed by atoms with van der Waals surface area (Å²) in [5.41, 5.74) is 2.88. The molecule has 5 heteroatoms. The molecule has 4 nitrogen and oxygen atoms in total. The second kappa shape index (κ2) is 6.18. The minimum absolute atomic E-state index is 0.0485. The van der Waals surface area contributed by atoms with E-state index in [4.69, 9.17) is 0 Å². The van der Waals surface area contributed by atoms with Gasteiger partial charge in [-0.2, -0.15) is 0 Å². The van der Waals surface area contributed by atoms with Crippen molar-refractivity contribution in [2.75, 3.05) is 6.26 Å². The highest BCUT2D eigenvalue weighted by Crippen LogP contribution is 2.24. The molecule has 1 aliphatic carbocycles. The van der Waals surface area contributed by atoms with Crippen molar-refractivity contribution in [3.05, 3.63) is 34.9 Å². The van der Waals surface area contributed by atoms with Crippen LogP contribution >= 0.6 is 0 Å². The lowest BCUT2D eigenvalue weighted by Gasteiger charge is -2.28. The van der Waals surface area contributed by atoms with Crippen LogP contribution in [0.25, 0.3) is 0 Å². The Balaban J connectivity index is 2.03. The fraction of sp³-hybridized carbons (Fsp3) is 0.562. The van der Waals surface area contributed by atoms with E-state index in [1.807, 2.05) is 32.0 Å². The highest BCUT2D eigenvalue weighted by molar-refractivity contribution is 7.91. The average Bonchev–Trinajstić information content (AvgIpc) is 2.41. The van der Waals surface area contributed by atoms with Crippen LogP contribution in [0, 0.1) is 13.8 Å². The van der Waals surface area contributed by atoms with Gasteiger partial charge in [-0.05, 0) is 56.4 Å². The zero-order valence-corrected chi connectivity index (χ0v) is 13.7. The van der Waals surface area contributed by atoms with Crippen LogP contribution in [-0.4, -0.2) is 31.9 Å². The molecule has 116 valence electrons. The van der Waals surface area contributed by atoms with E-state index in [2.05, 4.69) is 5.32 Å². The van der Waals surface area contributed by atoms with Crippen molar-refractivity contribution in [3.8, 4) is 0 Å². The summed E-state index contributed by atoms with van der Waals surface area (Å²) in [5, 5.41) is 2.66. The quantitative estimate of drug-likeness (QED) is 0.932. The van der Waals surface area contributed by atoms with E-state index < -0.39 is 9.84 Å². The molecular weight excluding hydrogens is 286 g/mol. The summed E-state index contributed by atoms with van der Waals surface area (Å²) in [6.07, 6.45) is 4.20. The molecule has 1 aromatic carbocycles. The summed E-state index contributed by atoms with van der Waals surface area (Å²) >= 11 is 0. The predicted molar refractivity (Wildman–Crippen MR) is 84.3 cm³/mol. The molecule has 1 saturated carbocycles. The number of hydrogen-bond donors (Lipinski definition) is 1. The van der Waals surface area contributed by atoms with E-state index in [9.17, 15) is 13.2 Å². The molecule has 0 aliphatic heterocycles. The van der Waals surface area contributed by atoms with Crippen molar-refractivity contribution in [3.63, 3.8) is 0 Å². The van der Waals surface area contributed by atoms with Gasteiger partial charge in [0.05, 0.1) is 5.25 Å². The summed E-state index contributed by atoms with van der Waals surface area (Å²) < 4.78 is 23.3. The van der Waals surface area contributed by atoms with Crippen molar-refractivity contribution >= 4 is 15.7 Å². The molecule has 1 fully saturated rings. The van der Waals surface area contributed by atoms with Crippen molar-refractivity contribution in [2.24, 2.45) is 0 Å². The minimum atomic E-state index is -3.02. The van der Waals surface area contributed by atoms with Crippen molar-refractivity contribution in [1.29, 1.82) is 0 Å². The van der Waals surface area contributed by atoms with Gasteiger partial charge < -0.3 is 5.32 Å². The number of benzene rings is 1. The normalized spacial score (nSPS) is 22.8. The molecule has 0 aromatic heterocycles. The zero-order chi connectivity index (χ0) is 15.6. The molecule has 0 heterocycles. The second-order valence-electron chi connectivity index (χ2n) is 6.09. The molecule has 1 aromatic rings. The third-order valence-electron chi connectivity index (χ3n) is 4.34. The van der Waals surface area contributed by atoms with Gasteiger partial charge in [-0.3, -0.25) is 4.79 Å². The maximum absolute atomic E-state index is 12.3. The molecule has 1 aliphatic rings. The maximum Gasteiger partial charge on any atom is 0.251 e. The van der Waals surface area contributed by atoms with Crippen LogP contribution in [0.4, 0.5) is 0 Å². The van der Waals surface area contributed by atoms with Crippen molar-refractivity contribution < 1.29 is 13.2 Å². The van der Waals surface area contributed by atoms with Crippen LogP contribution in [0.15, 0.2) is 18.2 Å². The molecule has 0 spiro atoms. The molecule has 0 radical (unpaired) electrons. The van der Waals surface area contributed by atoms with E-state index in [0.717, 1.165) is 24.0 Å². The summed E-state index contributed by atoms with van der Waals surface area (Å²) in [6, 6.07) is 5.58. The van der Waals surface area contributed by atoms with Gasteiger partial charge in [-0.1, -0.05) is 12.5 Å². The first-order chi connectivity index (χ1) is 9.77. The van der Waals surface area contributed by atoms with E-state index in [1.165, 1.54) is 6.26 Å². The topological polar surface area (TPSA) is 63.2 Å². The van der Waals surface area contributed by atoms with Crippen LogP contribution < -0.4 is 5.32 Å². The Morgan fingerprint density at radius 1 is 1.19 bits per heavy atom. The number of hydrogen-bond acceptors (Lipinski definition) is 3. The van der Waals surface area contributed by atoms with Crippen molar-refractivity contribution in [2.45, 2.75) is 50.8 Å². The Bertz CT molecular complexity index is 637. The third-order valence-corrected chi connectivity index (χ3v) is 5.98. The van der Waals surface area contributed by atoms with Gasteiger partial charge in [0.25, 0.3) is 5.91 Å². The molecule has 1 N–H and O–H groups in total. The van der Waals surface area contributed by atoms with Gasteiger partial charge in [0.2, 0.25) is 0 Å². The number of sulfone groups is 1. The molecule has 0 bridgehead atoms. The molecule has 2 rings (SSSR count). The first-order valence-electron chi connectivity index (χ1n) is 7.34. The summed E-state index contributed by atoms with van der Waals surface area (Å²) in [5.74, 6) is -0.114. The number of rotatable bonds is 3. The van der Waals surface area contributed by atoms with Crippen LogP contribution in [0.3, 0.4) is 0 Å². The van der Waals surface area contributed by atoms with E-state index in [-0.39, 0.29) is 17.2 Å². The number of carbonyl (C=O) groups is 1. The standard InChI is InChI=1S/C16H23NO3S/c1-11-7-8-13(9-12(11)2)16(18)17-14-5-4-6-15(10-14)21(3,19)20/h7-9,14-15H,4-6,10H2,1-3H3,(H,17,18)/t14-,15-/m0/s1. The monoisotopic (exact) mass is 309 g/mol. The fourth-order valence-electron chi connectivity index (χ4n) is 2.82. The SMILES string of the molecule is Cc1ccc(C(=O)N[C@H]2CCC[C@H](S(C)(=O)=O)C2)cc1C. The molecule has 0 unspecified atom stereocenters. The van der Waals surface area contributed by atoms with Gasteiger partial charge in [0, 0.05) is 17.9 Å². The average molecular weight is 309 g/mol. The highest BCUT2D eigenvalue weighted by Gasteiger charge is 2.29. The van der Waals surface area contributed by atoms with Crippen LogP contribution in [0.2, 0.25) is 0 Å². The van der Waals surface area contributed by atoms with E-state index >= 15 is 0 Å². The first kappa shape index (κ1) is 16.0. The van der Waals surface area contributed by atoms with Gasteiger partial charge in [0.1, 0.15) is 9.84 Å². The van der Waals surface area contributed by atoms with Gasteiger partial charge >= 0.3 is 0 Å². The molecule has 2 atom stereocenters. The Morgan fingerprint density at radius 2 is 1.90 bits per heavy atom. The van der Waals surface area contributed by atoms with Gasteiger partial charge in [0.15, 0.2) is 0 Å². The Labute approximate surface area is 126 Å². The Morgan fingerprint density at radius 3 is 2.52 bits per heavy atom. The summed E-state index contributed by atoms with van der Waals surface area (Å²) in [7, 11) is -3.02. The van der Waals surface area contributed by atoms with Crippen LogP contribution in [0.1, 0.15) is 47.2 Å². The third kappa shape index (κ3) is 4.06. The van der Waals surface area contributed by atoms with E-state index in [1.54, 1.807) is 0 Å². The lowest BCUT2D eigenvalue weighted by Crippen LogP contribution is -2.41.